The van der Waals surface area contributed by atoms with Gasteiger partial charge in [-0.25, -0.2) is 4.98 Å². The van der Waals surface area contributed by atoms with Gasteiger partial charge in [-0.2, -0.15) is 0 Å². The highest BCUT2D eigenvalue weighted by Crippen LogP contribution is 2.25. The summed E-state index contributed by atoms with van der Waals surface area (Å²) in [5.41, 5.74) is 0.882. The van der Waals surface area contributed by atoms with Crippen LogP contribution < -0.4 is 0 Å². The molecule has 4 rings (SSSR count). The van der Waals surface area contributed by atoms with Crippen LogP contribution >= 0.6 is 0 Å². The predicted molar refractivity (Wildman–Crippen MR) is 92.3 cm³/mol. The van der Waals surface area contributed by atoms with E-state index in [-0.39, 0.29) is 11.8 Å². The lowest BCUT2D eigenvalue weighted by atomic mass is 10.1. The quantitative estimate of drug-likeness (QED) is 0.853. The molecule has 134 valence electrons. The molecule has 1 amide bonds. The molecule has 2 aromatic heterocycles. The molecule has 1 fully saturated rings. The Labute approximate surface area is 147 Å². The number of aromatic nitrogens is 1. The van der Waals surface area contributed by atoms with Crippen LogP contribution in [0.5, 0.6) is 0 Å². The summed E-state index contributed by atoms with van der Waals surface area (Å²) in [6.45, 7) is 8.27. The number of nitrogens with zero attached hydrogens (tertiary/aromatic N) is 3. The third-order valence-electron chi connectivity index (χ3n) is 4.98. The molecule has 2 aromatic rings. The van der Waals surface area contributed by atoms with Gasteiger partial charge in [0, 0.05) is 18.9 Å². The second kappa shape index (κ2) is 6.67. The average molecular weight is 343 g/mol. The molecule has 6 nitrogen and oxygen atoms in total. The van der Waals surface area contributed by atoms with E-state index in [2.05, 4.69) is 23.7 Å². The van der Waals surface area contributed by atoms with Gasteiger partial charge in [0.25, 0.3) is 5.91 Å². The predicted octanol–water partition coefficient (Wildman–Crippen LogP) is 3.19. The lowest BCUT2D eigenvalue weighted by Gasteiger charge is -2.24. The van der Waals surface area contributed by atoms with Gasteiger partial charge in [-0.05, 0) is 38.1 Å². The van der Waals surface area contributed by atoms with Crippen molar-refractivity contribution >= 4 is 5.91 Å². The van der Waals surface area contributed by atoms with Crippen LogP contribution in [-0.2, 0) is 19.5 Å². The largest absolute Gasteiger partial charge is 0.455 e. The number of likely N-dealkylation sites (tertiary alicyclic amines) is 1. The Morgan fingerprint density at radius 3 is 2.76 bits per heavy atom. The molecular weight excluding hydrogens is 318 g/mol. The molecule has 0 spiro atoms. The van der Waals surface area contributed by atoms with Crippen LogP contribution in [0.1, 0.15) is 66.3 Å². The van der Waals surface area contributed by atoms with Gasteiger partial charge < -0.3 is 13.7 Å². The van der Waals surface area contributed by atoms with Crippen LogP contribution in [-0.4, -0.2) is 40.3 Å². The van der Waals surface area contributed by atoms with Gasteiger partial charge in [-0.3, -0.25) is 9.69 Å². The first-order valence-corrected chi connectivity index (χ1v) is 9.19. The zero-order chi connectivity index (χ0) is 17.4. The van der Waals surface area contributed by atoms with E-state index >= 15 is 0 Å². The summed E-state index contributed by atoms with van der Waals surface area (Å²) in [6, 6.07) is 3.72. The number of oxazole rings is 1. The fourth-order valence-corrected chi connectivity index (χ4v) is 3.53. The van der Waals surface area contributed by atoms with E-state index in [1.807, 2.05) is 6.07 Å². The third kappa shape index (κ3) is 3.35. The van der Waals surface area contributed by atoms with Gasteiger partial charge in [0.1, 0.15) is 17.2 Å². The summed E-state index contributed by atoms with van der Waals surface area (Å²) in [5, 5.41) is 0. The monoisotopic (exact) mass is 343 g/mol. The van der Waals surface area contributed by atoms with Crippen LogP contribution in [0.15, 0.2) is 21.0 Å². The highest BCUT2D eigenvalue weighted by molar-refractivity contribution is 5.91. The highest BCUT2D eigenvalue weighted by atomic mass is 16.4. The second-order valence-corrected chi connectivity index (χ2v) is 7.30. The number of hydrogen-bond donors (Lipinski definition) is 0. The zero-order valence-electron chi connectivity index (χ0n) is 15.0. The maximum absolute atomic E-state index is 12.8. The Kier molecular flexibility index (Phi) is 4.37. The van der Waals surface area contributed by atoms with Crippen molar-refractivity contribution in [2.75, 3.05) is 19.6 Å². The first-order chi connectivity index (χ1) is 12.1. The number of carbonyl (C=O) groups is 1. The van der Waals surface area contributed by atoms with Gasteiger partial charge in [0.15, 0.2) is 11.7 Å². The van der Waals surface area contributed by atoms with Gasteiger partial charge in [0.05, 0.1) is 13.1 Å². The van der Waals surface area contributed by atoms with E-state index in [1.54, 1.807) is 11.0 Å². The van der Waals surface area contributed by atoms with Crippen molar-refractivity contribution in [3.63, 3.8) is 0 Å². The average Bonchev–Trinajstić information content (AvgIpc) is 3.34. The zero-order valence-corrected chi connectivity index (χ0v) is 15.0. The van der Waals surface area contributed by atoms with Crippen molar-refractivity contribution < 1.29 is 13.6 Å². The molecular formula is C19H25N3O3. The minimum atomic E-state index is -0.0626. The summed E-state index contributed by atoms with van der Waals surface area (Å²) < 4.78 is 11.6. The van der Waals surface area contributed by atoms with E-state index < -0.39 is 0 Å². The topological polar surface area (TPSA) is 62.7 Å². The molecule has 0 saturated carbocycles. The molecule has 2 aliphatic rings. The van der Waals surface area contributed by atoms with Crippen molar-refractivity contribution in [1.82, 2.24) is 14.8 Å². The van der Waals surface area contributed by atoms with E-state index in [4.69, 9.17) is 8.83 Å². The Hall–Kier alpha value is -2.08. The number of fused-ring (bicyclic) bond motifs is 1. The molecule has 1 saturated heterocycles. The minimum absolute atomic E-state index is 0.0626. The molecule has 0 aromatic carbocycles. The highest BCUT2D eigenvalue weighted by Gasteiger charge is 2.28. The van der Waals surface area contributed by atoms with Crippen molar-refractivity contribution in [2.45, 2.75) is 52.1 Å². The van der Waals surface area contributed by atoms with E-state index in [0.717, 1.165) is 42.7 Å². The third-order valence-corrected chi connectivity index (χ3v) is 4.98. The van der Waals surface area contributed by atoms with Crippen LogP contribution in [0.25, 0.3) is 0 Å². The van der Waals surface area contributed by atoms with Gasteiger partial charge in [0.2, 0.25) is 0 Å². The second-order valence-electron chi connectivity index (χ2n) is 7.30. The summed E-state index contributed by atoms with van der Waals surface area (Å²) in [5.74, 6) is 3.16. The molecule has 0 N–H and O–H groups in total. The van der Waals surface area contributed by atoms with Crippen LogP contribution in [0, 0.1) is 0 Å². The smallest absolute Gasteiger partial charge is 0.289 e. The molecule has 4 heterocycles. The molecule has 0 unspecified atom stereocenters. The number of rotatable bonds is 4. The van der Waals surface area contributed by atoms with Gasteiger partial charge in [-0.1, -0.05) is 13.8 Å². The van der Waals surface area contributed by atoms with Crippen molar-refractivity contribution in [3.8, 4) is 0 Å². The molecule has 25 heavy (non-hydrogen) atoms. The number of furan rings is 1. The maximum atomic E-state index is 12.8. The first-order valence-electron chi connectivity index (χ1n) is 9.19. The fraction of sp³-hybridized carbons (Fsp3) is 0.579. The van der Waals surface area contributed by atoms with E-state index in [0.29, 0.717) is 25.3 Å². The van der Waals surface area contributed by atoms with Crippen molar-refractivity contribution in [3.05, 3.63) is 41.0 Å². The summed E-state index contributed by atoms with van der Waals surface area (Å²) in [4.78, 5) is 21.5. The lowest BCUT2D eigenvalue weighted by Crippen LogP contribution is -2.35. The van der Waals surface area contributed by atoms with Crippen molar-refractivity contribution in [2.24, 2.45) is 0 Å². The Bertz CT molecular complexity index is 756. The Morgan fingerprint density at radius 1 is 1.20 bits per heavy atom. The number of carbonyl (C=O) groups excluding carboxylic acids is 1. The van der Waals surface area contributed by atoms with Gasteiger partial charge in [-0.15, -0.1) is 0 Å². The molecule has 0 aliphatic carbocycles. The Balaban J connectivity index is 1.43. The lowest BCUT2D eigenvalue weighted by molar-refractivity contribution is 0.0692. The van der Waals surface area contributed by atoms with Crippen LogP contribution in [0.3, 0.4) is 0 Å². The van der Waals surface area contributed by atoms with Gasteiger partial charge >= 0.3 is 0 Å². The minimum Gasteiger partial charge on any atom is -0.455 e. The molecule has 0 atom stereocenters. The Morgan fingerprint density at radius 2 is 2.00 bits per heavy atom. The fourth-order valence-electron chi connectivity index (χ4n) is 3.53. The first kappa shape index (κ1) is 16.4. The molecule has 2 aliphatic heterocycles. The number of amides is 1. The summed E-state index contributed by atoms with van der Waals surface area (Å²) in [6.07, 6.45) is 3.21. The van der Waals surface area contributed by atoms with Crippen molar-refractivity contribution in [1.29, 1.82) is 0 Å². The maximum Gasteiger partial charge on any atom is 0.289 e. The SMILES string of the molecule is CC(C)c1nc2c(o1)CCN(C(=O)c1ccc(CN3CCCC3)o1)C2. The normalized spacial score (nSPS) is 18.1. The standard InChI is InChI=1S/C19H25N3O3/c1-13(2)18-20-15-12-22(10-7-16(15)25-18)19(23)17-6-5-14(24-17)11-21-8-3-4-9-21/h5-6,13H,3-4,7-12H2,1-2H3. The van der Waals surface area contributed by atoms with E-state index in [9.17, 15) is 4.79 Å². The summed E-state index contributed by atoms with van der Waals surface area (Å²) >= 11 is 0. The number of hydrogen-bond acceptors (Lipinski definition) is 5. The van der Waals surface area contributed by atoms with Crippen LogP contribution in [0.2, 0.25) is 0 Å². The van der Waals surface area contributed by atoms with E-state index in [1.165, 1.54) is 12.8 Å². The molecule has 0 bridgehead atoms. The molecule has 6 heteroatoms. The molecule has 0 radical (unpaired) electrons. The van der Waals surface area contributed by atoms with Crippen LogP contribution in [0.4, 0.5) is 0 Å². The summed E-state index contributed by atoms with van der Waals surface area (Å²) in [7, 11) is 0.